The summed E-state index contributed by atoms with van der Waals surface area (Å²) in [4.78, 5) is 22.2. The maximum Gasteiger partial charge on any atom is 0.308 e. The average molecular weight is 315 g/mol. The largest absolute Gasteiger partial charge is 0.481 e. The van der Waals surface area contributed by atoms with Crippen LogP contribution in [-0.2, 0) is 4.79 Å². The first-order valence-corrected chi connectivity index (χ1v) is 6.21. The van der Waals surface area contributed by atoms with Gasteiger partial charge in [-0.15, -0.1) is 0 Å². The van der Waals surface area contributed by atoms with E-state index in [9.17, 15) is 9.59 Å². The van der Waals surface area contributed by atoms with Crippen molar-refractivity contribution in [3.05, 3.63) is 28.2 Å². The first-order valence-electron chi connectivity index (χ1n) is 5.42. The highest BCUT2D eigenvalue weighted by Crippen LogP contribution is 2.25. The second-order valence-electron chi connectivity index (χ2n) is 4.09. The molecule has 0 saturated carbocycles. The highest BCUT2D eigenvalue weighted by molar-refractivity contribution is 9.10. The number of primary amides is 1. The van der Waals surface area contributed by atoms with Gasteiger partial charge < -0.3 is 16.2 Å². The van der Waals surface area contributed by atoms with Gasteiger partial charge in [0, 0.05) is 16.2 Å². The van der Waals surface area contributed by atoms with Crippen molar-refractivity contribution in [3.63, 3.8) is 0 Å². The number of aliphatic carboxylic acids is 1. The van der Waals surface area contributed by atoms with Gasteiger partial charge >= 0.3 is 5.97 Å². The quantitative estimate of drug-likeness (QED) is 0.775. The Labute approximate surface area is 113 Å². The fraction of sp³-hybridized carbons (Fsp3) is 0.333. The molecule has 0 fully saturated rings. The summed E-state index contributed by atoms with van der Waals surface area (Å²) in [7, 11) is 0. The third-order valence-corrected chi connectivity index (χ3v) is 3.44. The summed E-state index contributed by atoms with van der Waals surface area (Å²) in [6.45, 7) is 3.34. The van der Waals surface area contributed by atoms with Gasteiger partial charge in [-0.25, -0.2) is 0 Å². The molecule has 2 atom stereocenters. The third kappa shape index (κ3) is 3.22. The molecule has 1 amide bonds. The van der Waals surface area contributed by atoms with E-state index >= 15 is 0 Å². The van der Waals surface area contributed by atoms with Gasteiger partial charge in [-0.3, -0.25) is 9.59 Å². The van der Waals surface area contributed by atoms with Crippen molar-refractivity contribution in [3.8, 4) is 0 Å². The molecule has 4 N–H and O–H groups in total. The molecule has 0 radical (unpaired) electrons. The molecular weight excluding hydrogens is 300 g/mol. The van der Waals surface area contributed by atoms with Gasteiger partial charge in [0.15, 0.2) is 0 Å². The number of amides is 1. The van der Waals surface area contributed by atoms with Crippen LogP contribution < -0.4 is 11.1 Å². The van der Waals surface area contributed by atoms with Crippen LogP contribution >= 0.6 is 15.9 Å². The zero-order chi connectivity index (χ0) is 13.9. The molecule has 5 nitrogen and oxygen atoms in total. The summed E-state index contributed by atoms with van der Waals surface area (Å²) in [5, 5.41) is 11.9. The molecule has 18 heavy (non-hydrogen) atoms. The van der Waals surface area contributed by atoms with Gasteiger partial charge in [0.05, 0.1) is 11.5 Å². The van der Waals surface area contributed by atoms with Crippen LogP contribution in [-0.4, -0.2) is 23.0 Å². The minimum Gasteiger partial charge on any atom is -0.481 e. The van der Waals surface area contributed by atoms with E-state index < -0.39 is 17.8 Å². The monoisotopic (exact) mass is 314 g/mol. The number of rotatable bonds is 5. The molecule has 1 rings (SSSR count). The Morgan fingerprint density at radius 3 is 2.50 bits per heavy atom. The second-order valence-corrected chi connectivity index (χ2v) is 4.94. The van der Waals surface area contributed by atoms with Crippen LogP contribution in [0.1, 0.15) is 24.2 Å². The van der Waals surface area contributed by atoms with Crippen LogP contribution in [0.2, 0.25) is 0 Å². The maximum atomic E-state index is 11.4. The first kappa shape index (κ1) is 14.5. The van der Waals surface area contributed by atoms with Crippen molar-refractivity contribution in [2.45, 2.75) is 19.9 Å². The normalized spacial score (nSPS) is 13.7. The van der Waals surface area contributed by atoms with Crippen molar-refractivity contribution in [2.75, 3.05) is 5.32 Å². The Morgan fingerprint density at radius 2 is 2.00 bits per heavy atom. The predicted molar refractivity (Wildman–Crippen MR) is 72.5 cm³/mol. The third-order valence-electron chi connectivity index (χ3n) is 2.78. The minimum atomic E-state index is -0.898. The molecule has 0 saturated heterocycles. The highest BCUT2D eigenvalue weighted by atomic mass is 79.9. The highest BCUT2D eigenvalue weighted by Gasteiger charge is 2.21. The predicted octanol–water partition coefficient (Wildman–Crippen LogP) is 2.07. The Hall–Kier alpha value is -1.56. The molecule has 0 aliphatic rings. The number of anilines is 1. The van der Waals surface area contributed by atoms with Crippen LogP contribution in [0.15, 0.2) is 22.7 Å². The van der Waals surface area contributed by atoms with Gasteiger partial charge in [0.1, 0.15) is 0 Å². The van der Waals surface area contributed by atoms with Gasteiger partial charge in [-0.05, 0) is 41.9 Å². The molecule has 1 aromatic rings. The van der Waals surface area contributed by atoms with Crippen LogP contribution in [0.3, 0.4) is 0 Å². The number of halogens is 1. The van der Waals surface area contributed by atoms with Gasteiger partial charge in [0.2, 0.25) is 0 Å². The molecule has 6 heteroatoms. The second kappa shape index (κ2) is 5.86. The lowest BCUT2D eigenvalue weighted by Crippen LogP contribution is -2.30. The number of nitrogens with two attached hydrogens (primary N) is 1. The van der Waals surface area contributed by atoms with Gasteiger partial charge in [-0.2, -0.15) is 0 Å². The summed E-state index contributed by atoms with van der Waals surface area (Å²) in [5.41, 5.74) is 6.15. The molecule has 2 unspecified atom stereocenters. The summed E-state index contributed by atoms with van der Waals surface area (Å²) in [5.74, 6) is -2.05. The maximum absolute atomic E-state index is 11.4. The van der Waals surface area contributed by atoms with E-state index in [0.29, 0.717) is 15.7 Å². The van der Waals surface area contributed by atoms with E-state index in [2.05, 4.69) is 21.2 Å². The lowest BCUT2D eigenvalue weighted by Gasteiger charge is -2.20. The molecule has 0 aliphatic carbocycles. The van der Waals surface area contributed by atoms with Crippen LogP contribution in [0, 0.1) is 5.92 Å². The summed E-state index contributed by atoms with van der Waals surface area (Å²) >= 11 is 3.25. The smallest absolute Gasteiger partial charge is 0.308 e. The average Bonchev–Trinajstić information content (AvgIpc) is 2.27. The number of benzene rings is 1. The fourth-order valence-corrected chi connectivity index (χ4v) is 2.04. The Bertz CT molecular complexity index is 476. The topological polar surface area (TPSA) is 92.4 Å². The van der Waals surface area contributed by atoms with Crippen molar-refractivity contribution in [1.82, 2.24) is 0 Å². The van der Waals surface area contributed by atoms with E-state index in [1.165, 1.54) is 0 Å². The number of carbonyl (C=O) groups is 2. The summed E-state index contributed by atoms with van der Waals surface area (Å²) < 4.78 is 0.579. The number of carbonyl (C=O) groups excluding carboxylic acids is 1. The SMILES string of the molecule is CC(Nc1cccc(Br)c1C(N)=O)C(C)C(=O)O. The Kier molecular flexibility index (Phi) is 4.72. The number of hydrogen-bond acceptors (Lipinski definition) is 3. The molecule has 98 valence electrons. The van der Waals surface area contributed by atoms with E-state index in [4.69, 9.17) is 10.8 Å². The van der Waals surface area contributed by atoms with Crippen molar-refractivity contribution in [2.24, 2.45) is 11.7 Å². The zero-order valence-electron chi connectivity index (χ0n) is 10.1. The van der Waals surface area contributed by atoms with Crippen molar-refractivity contribution >= 4 is 33.5 Å². The molecule has 0 spiro atoms. The zero-order valence-corrected chi connectivity index (χ0v) is 11.7. The number of hydrogen-bond donors (Lipinski definition) is 3. The lowest BCUT2D eigenvalue weighted by atomic mass is 10.0. The van der Waals surface area contributed by atoms with Crippen LogP contribution in [0.5, 0.6) is 0 Å². The fourth-order valence-electron chi connectivity index (χ4n) is 1.48. The van der Waals surface area contributed by atoms with E-state index in [1.807, 2.05) is 0 Å². The number of carboxylic acid groups (broad SMARTS) is 1. The first-order chi connectivity index (χ1) is 8.34. The van der Waals surface area contributed by atoms with Crippen LogP contribution in [0.25, 0.3) is 0 Å². The number of nitrogens with one attached hydrogen (secondary N) is 1. The van der Waals surface area contributed by atoms with Gasteiger partial charge in [-0.1, -0.05) is 6.07 Å². The molecule has 0 heterocycles. The van der Waals surface area contributed by atoms with Gasteiger partial charge in [0.25, 0.3) is 5.91 Å². The van der Waals surface area contributed by atoms with Crippen molar-refractivity contribution in [1.29, 1.82) is 0 Å². The molecule has 0 bridgehead atoms. The minimum absolute atomic E-state index is 0.321. The molecular formula is C12H15BrN2O3. The standard InChI is InChI=1S/C12H15BrN2O3/c1-6(12(17)18)7(2)15-9-5-3-4-8(13)10(9)11(14)16/h3-7,15H,1-2H3,(H2,14,16)(H,17,18). The molecule has 0 aromatic heterocycles. The van der Waals surface area contributed by atoms with E-state index in [0.717, 1.165) is 0 Å². The Balaban J connectivity index is 3.01. The summed E-state index contributed by atoms with van der Waals surface area (Å²) in [6, 6.07) is 4.82. The molecule has 0 aliphatic heterocycles. The molecule has 1 aromatic carbocycles. The summed E-state index contributed by atoms with van der Waals surface area (Å²) in [6.07, 6.45) is 0. The van der Waals surface area contributed by atoms with Crippen molar-refractivity contribution < 1.29 is 14.7 Å². The van der Waals surface area contributed by atoms with Crippen LogP contribution in [0.4, 0.5) is 5.69 Å². The van der Waals surface area contributed by atoms with E-state index in [-0.39, 0.29) is 6.04 Å². The number of carboxylic acids is 1. The lowest BCUT2D eigenvalue weighted by molar-refractivity contribution is -0.141. The Morgan fingerprint density at radius 1 is 1.39 bits per heavy atom. The van der Waals surface area contributed by atoms with E-state index in [1.54, 1.807) is 32.0 Å².